The highest BCUT2D eigenvalue weighted by Gasteiger charge is 2.32. The highest BCUT2D eigenvalue weighted by molar-refractivity contribution is 5.94. The summed E-state index contributed by atoms with van der Waals surface area (Å²) in [4.78, 5) is 14.9. The standard InChI is InChI=1S/C19H20N4O2/c1-14-11-17(21-25-14)18-7-3-10-23(18)19(24)16-6-2-5-15(12-16)13-22-9-4-8-20-22/h2,4-6,8-9,11-12,18H,3,7,10,13H2,1H3. The van der Waals surface area contributed by atoms with Crippen LogP contribution in [0.1, 0.15) is 46.3 Å². The van der Waals surface area contributed by atoms with Crippen LogP contribution in [0.15, 0.2) is 53.3 Å². The second kappa shape index (κ2) is 6.55. The zero-order valence-electron chi connectivity index (χ0n) is 14.1. The second-order valence-electron chi connectivity index (χ2n) is 6.42. The Morgan fingerprint density at radius 2 is 2.24 bits per heavy atom. The SMILES string of the molecule is Cc1cc(C2CCCN2C(=O)c2cccc(Cn3cccn3)c2)no1. The molecule has 1 aliphatic rings. The Labute approximate surface area is 146 Å². The summed E-state index contributed by atoms with van der Waals surface area (Å²) in [5, 5.41) is 8.33. The molecule has 0 aliphatic carbocycles. The van der Waals surface area contributed by atoms with Gasteiger partial charge in [0.05, 0.1) is 12.6 Å². The lowest BCUT2D eigenvalue weighted by Gasteiger charge is -2.23. The molecule has 1 aromatic carbocycles. The molecule has 0 saturated carbocycles. The third kappa shape index (κ3) is 3.20. The number of carbonyl (C=O) groups is 1. The molecule has 128 valence electrons. The number of nitrogens with zero attached hydrogens (tertiary/aromatic N) is 4. The molecule has 1 fully saturated rings. The molecule has 1 saturated heterocycles. The van der Waals surface area contributed by atoms with Crippen molar-refractivity contribution in [2.75, 3.05) is 6.54 Å². The molecule has 6 nitrogen and oxygen atoms in total. The fourth-order valence-corrected chi connectivity index (χ4v) is 3.41. The third-order valence-electron chi connectivity index (χ3n) is 4.58. The molecule has 0 radical (unpaired) electrons. The molecule has 0 spiro atoms. The van der Waals surface area contributed by atoms with Crippen LogP contribution in [0.25, 0.3) is 0 Å². The molecule has 0 N–H and O–H groups in total. The van der Waals surface area contributed by atoms with Gasteiger partial charge in [0.15, 0.2) is 0 Å². The fourth-order valence-electron chi connectivity index (χ4n) is 3.41. The van der Waals surface area contributed by atoms with Gasteiger partial charge in [-0.05, 0) is 43.5 Å². The minimum Gasteiger partial charge on any atom is -0.361 e. The number of carbonyl (C=O) groups excluding carboxylic acids is 1. The molecule has 0 bridgehead atoms. The van der Waals surface area contributed by atoms with E-state index in [1.54, 1.807) is 6.20 Å². The molecular formula is C19H20N4O2. The van der Waals surface area contributed by atoms with Gasteiger partial charge in [-0.3, -0.25) is 9.48 Å². The normalized spacial score (nSPS) is 17.2. The van der Waals surface area contributed by atoms with Crippen molar-refractivity contribution in [2.24, 2.45) is 0 Å². The van der Waals surface area contributed by atoms with E-state index < -0.39 is 0 Å². The molecule has 3 heterocycles. The number of aromatic nitrogens is 3. The summed E-state index contributed by atoms with van der Waals surface area (Å²) in [5.74, 6) is 0.820. The Hall–Kier alpha value is -2.89. The lowest BCUT2D eigenvalue weighted by molar-refractivity contribution is 0.0730. The first-order valence-electron chi connectivity index (χ1n) is 8.51. The molecule has 6 heteroatoms. The third-order valence-corrected chi connectivity index (χ3v) is 4.58. The van der Waals surface area contributed by atoms with Gasteiger partial charge in [-0.1, -0.05) is 17.3 Å². The maximum atomic E-state index is 13.0. The van der Waals surface area contributed by atoms with Gasteiger partial charge < -0.3 is 9.42 Å². The van der Waals surface area contributed by atoms with Crippen molar-refractivity contribution in [3.8, 4) is 0 Å². The van der Waals surface area contributed by atoms with Gasteiger partial charge in [0.25, 0.3) is 5.91 Å². The monoisotopic (exact) mass is 336 g/mol. The Bertz CT molecular complexity index is 869. The van der Waals surface area contributed by atoms with Crippen LogP contribution in [0, 0.1) is 6.92 Å². The fraction of sp³-hybridized carbons (Fsp3) is 0.316. The van der Waals surface area contributed by atoms with Gasteiger partial charge in [-0.15, -0.1) is 0 Å². The summed E-state index contributed by atoms with van der Waals surface area (Å²) in [6.07, 6.45) is 5.57. The summed E-state index contributed by atoms with van der Waals surface area (Å²) < 4.78 is 7.04. The van der Waals surface area contributed by atoms with Gasteiger partial charge in [0.1, 0.15) is 11.5 Å². The van der Waals surface area contributed by atoms with Crippen LogP contribution in [0.3, 0.4) is 0 Å². The number of benzene rings is 1. The average Bonchev–Trinajstić information content (AvgIpc) is 3.35. The number of hydrogen-bond acceptors (Lipinski definition) is 4. The quantitative estimate of drug-likeness (QED) is 0.734. The van der Waals surface area contributed by atoms with E-state index in [1.165, 1.54) is 0 Å². The molecule has 3 aromatic rings. The highest BCUT2D eigenvalue weighted by Crippen LogP contribution is 2.32. The largest absolute Gasteiger partial charge is 0.361 e. The average molecular weight is 336 g/mol. The second-order valence-corrected chi connectivity index (χ2v) is 6.42. The van der Waals surface area contributed by atoms with Crippen molar-refractivity contribution in [1.82, 2.24) is 19.8 Å². The van der Waals surface area contributed by atoms with Crippen LogP contribution in [0.2, 0.25) is 0 Å². The molecular weight excluding hydrogens is 316 g/mol. The van der Waals surface area contributed by atoms with Gasteiger partial charge >= 0.3 is 0 Å². The van der Waals surface area contributed by atoms with Crippen LogP contribution >= 0.6 is 0 Å². The Kier molecular flexibility index (Phi) is 4.09. The van der Waals surface area contributed by atoms with Crippen molar-refractivity contribution in [2.45, 2.75) is 32.4 Å². The van der Waals surface area contributed by atoms with Crippen LogP contribution in [0.5, 0.6) is 0 Å². The maximum absolute atomic E-state index is 13.0. The lowest BCUT2D eigenvalue weighted by Crippen LogP contribution is -2.30. The molecule has 1 amide bonds. The van der Waals surface area contributed by atoms with Gasteiger partial charge in [0.2, 0.25) is 0 Å². The van der Waals surface area contributed by atoms with Crippen molar-refractivity contribution in [3.05, 3.63) is 71.4 Å². The summed E-state index contributed by atoms with van der Waals surface area (Å²) in [6.45, 7) is 3.27. The van der Waals surface area contributed by atoms with E-state index in [0.717, 1.165) is 36.4 Å². The van der Waals surface area contributed by atoms with Gasteiger partial charge in [0, 0.05) is 30.6 Å². The van der Waals surface area contributed by atoms with E-state index in [0.29, 0.717) is 12.1 Å². The van der Waals surface area contributed by atoms with Gasteiger partial charge in [-0.25, -0.2) is 0 Å². The van der Waals surface area contributed by atoms with E-state index >= 15 is 0 Å². The first-order chi connectivity index (χ1) is 12.2. The minimum atomic E-state index is -0.000258. The first kappa shape index (κ1) is 15.6. The van der Waals surface area contributed by atoms with E-state index in [-0.39, 0.29) is 11.9 Å². The Morgan fingerprint density at radius 1 is 1.32 bits per heavy atom. The predicted octanol–water partition coefficient (Wildman–Crippen LogP) is 3.21. The van der Waals surface area contributed by atoms with Crippen LogP contribution < -0.4 is 0 Å². The van der Waals surface area contributed by atoms with E-state index in [1.807, 2.05) is 59.1 Å². The number of rotatable bonds is 4. The van der Waals surface area contributed by atoms with Crippen molar-refractivity contribution < 1.29 is 9.32 Å². The molecule has 1 unspecified atom stereocenters. The smallest absolute Gasteiger partial charge is 0.254 e. The molecule has 1 atom stereocenters. The van der Waals surface area contributed by atoms with Crippen molar-refractivity contribution in [3.63, 3.8) is 0 Å². The topological polar surface area (TPSA) is 64.2 Å². The number of likely N-dealkylation sites (tertiary alicyclic amines) is 1. The van der Waals surface area contributed by atoms with E-state index in [2.05, 4.69) is 10.3 Å². The lowest BCUT2D eigenvalue weighted by atomic mass is 10.1. The number of amides is 1. The summed E-state index contributed by atoms with van der Waals surface area (Å²) in [5.41, 5.74) is 2.61. The summed E-state index contributed by atoms with van der Waals surface area (Å²) >= 11 is 0. The van der Waals surface area contributed by atoms with Crippen molar-refractivity contribution in [1.29, 1.82) is 0 Å². The zero-order valence-corrected chi connectivity index (χ0v) is 14.1. The molecule has 25 heavy (non-hydrogen) atoms. The van der Waals surface area contributed by atoms with Crippen molar-refractivity contribution >= 4 is 5.91 Å². The van der Waals surface area contributed by atoms with E-state index in [4.69, 9.17) is 4.52 Å². The Balaban J connectivity index is 1.55. The molecule has 4 rings (SSSR count). The zero-order chi connectivity index (χ0) is 17.2. The van der Waals surface area contributed by atoms with E-state index in [9.17, 15) is 4.79 Å². The molecule has 2 aromatic heterocycles. The van der Waals surface area contributed by atoms with Crippen LogP contribution in [-0.4, -0.2) is 32.3 Å². The first-order valence-corrected chi connectivity index (χ1v) is 8.51. The van der Waals surface area contributed by atoms with Gasteiger partial charge in [-0.2, -0.15) is 5.10 Å². The molecule has 1 aliphatic heterocycles. The van der Waals surface area contributed by atoms with Crippen LogP contribution in [0.4, 0.5) is 0 Å². The number of hydrogen-bond donors (Lipinski definition) is 0. The van der Waals surface area contributed by atoms with Crippen LogP contribution in [-0.2, 0) is 6.54 Å². The highest BCUT2D eigenvalue weighted by atomic mass is 16.5. The predicted molar refractivity (Wildman–Crippen MR) is 92.0 cm³/mol. The summed E-state index contributed by atoms with van der Waals surface area (Å²) in [6, 6.07) is 11.6. The maximum Gasteiger partial charge on any atom is 0.254 e. The number of aryl methyl sites for hydroxylation is 1. The summed E-state index contributed by atoms with van der Waals surface area (Å²) in [7, 11) is 0. The minimum absolute atomic E-state index is 0.000258. The Morgan fingerprint density at radius 3 is 3.00 bits per heavy atom.